The van der Waals surface area contributed by atoms with E-state index < -0.39 is 5.91 Å². The normalized spacial score (nSPS) is 22.4. The standard InChI is InChI=1S/C20H30N4O2/c25-20(23-26)10-8-16-7-9-19(21-13-16)22-18-11-12-24(15-18)14-17-5-3-1-2-4-6-17/h7-10,13,17-18,26H,1-6,11-12,14-15H2,(H,21,22)(H,23,25)/t18-/m1/s1. The van der Waals surface area contributed by atoms with E-state index in [0.29, 0.717) is 6.04 Å². The van der Waals surface area contributed by atoms with Crippen LogP contribution in [0.3, 0.4) is 0 Å². The van der Waals surface area contributed by atoms with Crippen LogP contribution in [0, 0.1) is 5.92 Å². The number of aromatic nitrogens is 1. The first-order valence-electron chi connectivity index (χ1n) is 9.80. The van der Waals surface area contributed by atoms with E-state index in [4.69, 9.17) is 5.21 Å². The molecule has 26 heavy (non-hydrogen) atoms. The molecule has 6 nitrogen and oxygen atoms in total. The van der Waals surface area contributed by atoms with E-state index >= 15 is 0 Å². The number of hydroxylamine groups is 1. The Labute approximate surface area is 155 Å². The summed E-state index contributed by atoms with van der Waals surface area (Å²) >= 11 is 0. The molecule has 1 amide bonds. The molecule has 0 unspecified atom stereocenters. The zero-order chi connectivity index (χ0) is 18.2. The molecule has 0 aromatic carbocycles. The molecular weight excluding hydrogens is 328 g/mol. The number of pyridine rings is 1. The highest BCUT2D eigenvalue weighted by molar-refractivity contribution is 5.90. The summed E-state index contributed by atoms with van der Waals surface area (Å²) in [5, 5.41) is 12.0. The summed E-state index contributed by atoms with van der Waals surface area (Å²) in [6.45, 7) is 3.52. The van der Waals surface area contributed by atoms with E-state index in [9.17, 15) is 4.79 Å². The number of carbonyl (C=O) groups is 1. The second-order valence-corrected chi connectivity index (χ2v) is 7.53. The maximum atomic E-state index is 11.0. The minimum atomic E-state index is -0.549. The summed E-state index contributed by atoms with van der Waals surface area (Å²) < 4.78 is 0. The smallest absolute Gasteiger partial charge is 0.267 e. The summed E-state index contributed by atoms with van der Waals surface area (Å²) in [6.07, 6.45) is 14.2. The van der Waals surface area contributed by atoms with Gasteiger partial charge in [-0.3, -0.25) is 10.0 Å². The van der Waals surface area contributed by atoms with Crippen LogP contribution in [0.25, 0.3) is 6.08 Å². The zero-order valence-electron chi connectivity index (χ0n) is 15.4. The highest BCUT2D eigenvalue weighted by atomic mass is 16.5. The van der Waals surface area contributed by atoms with Crippen molar-refractivity contribution in [2.24, 2.45) is 5.92 Å². The van der Waals surface area contributed by atoms with Crippen molar-refractivity contribution in [3.05, 3.63) is 30.0 Å². The number of anilines is 1. The molecule has 3 N–H and O–H groups in total. The van der Waals surface area contributed by atoms with Crippen molar-refractivity contribution < 1.29 is 10.0 Å². The third-order valence-corrected chi connectivity index (χ3v) is 5.44. The molecule has 142 valence electrons. The fourth-order valence-electron chi connectivity index (χ4n) is 4.04. The van der Waals surface area contributed by atoms with Crippen molar-refractivity contribution in [1.29, 1.82) is 0 Å². The average molecular weight is 358 g/mol. The van der Waals surface area contributed by atoms with Gasteiger partial charge in [-0.2, -0.15) is 0 Å². The van der Waals surface area contributed by atoms with Gasteiger partial charge in [0.1, 0.15) is 5.82 Å². The first kappa shape index (κ1) is 18.9. The minimum Gasteiger partial charge on any atom is -0.366 e. The number of hydrogen-bond donors (Lipinski definition) is 3. The van der Waals surface area contributed by atoms with Gasteiger partial charge in [-0.05, 0) is 49.0 Å². The van der Waals surface area contributed by atoms with Crippen molar-refractivity contribution in [3.63, 3.8) is 0 Å². The number of carbonyl (C=O) groups excluding carboxylic acids is 1. The molecule has 1 aromatic rings. The van der Waals surface area contributed by atoms with Crippen molar-refractivity contribution in [2.45, 2.75) is 51.0 Å². The van der Waals surface area contributed by atoms with Gasteiger partial charge in [-0.25, -0.2) is 10.5 Å². The summed E-state index contributed by atoms with van der Waals surface area (Å²) in [5.41, 5.74) is 2.39. The number of likely N-dealkylation sites (tertiary alicyclic amines) is 1. The molecule has 2 fully saturated rings. The fourth-order valence-corrected chi connectivity index (χ4v) is 4.04. The van der Waals surface area contributed by atoms with Crippen molar-refractivity contribution in [2.75, 3.05) is 25.0 Å². The van der Waals surface area contributed by atoms with Gasteiger partial charge < -0.3 is 10.2 Å². The van der Waals surface area contributed by atoms with Gasteiger partial charge in [0.25, 0.3) is 5.91 Å². The third-order valence-electron chi connectivity index (χ3n) is 5.44. The highest BCUT2D eigenvalue weighted by Gasteiger charge is 2.25. The van der Waals surface area contributed by atoms with Gasteiger partial charge in [0, 0.05) is 37.9 Å². The Morgan fingerprint density at radius 3 is 2.73 bits per heavy atom. The van der Waals surface area contributed by atoms with Crippen molar-refractivity contribution in [3.8, 4) is 0 Å². The predicted octanol–water partition coefficient (Wildman–Crippen LogP) is 3.06. The number of amides is 1. The third kappa shape index (κ3) is 5.81. The van der Waals surface area contributed by atoms with E-state index in [1.54, 1.807) is 17.8 Å². The molecule has 3 rings (SSSR count). The molecular formula is C20H30N4O2. The summed E-state index contributed by atoms with van der Waals surface area (Å²) in [6, 6.07) is 4.30. The molecule has 1 aliphatic carbocycles. The largest absolute Gasteiger partial charge is 0.366 e. The van der Waals surface area contributed by atoms with Crippen LogP contribution in [0.15, 0.2) is 24.4 Å². The molecule has 1 aliphatic heterocycles. The maximum absolute atomic E-state index is 11.0. The SMILES string of the molecule is O=C(C=Cc1ccc(N[C@@H]2CCN(CC3CCCCCC3)C2)nc1)NO. The fraction of sp³-hybridized carbons (Fsp3) is 0.600. The average Bonchev–Trinajstić information content (AvgIpc) is 2.93. The van der Waals surface area contributed by atoms with Gasteiger partial charge in [0.2, 0.25) is 0 Å². The van der Waals surface area contributed by atoms with Crippen molar-refractivity contribution >= 4 is 17.8 Å². The lowest BCUT2D eigenvalue weighted by atomic mass is 10.00. The molecule has 0 radical (unpaired) electrons. The molecule has 1 saturated heterocycles. The first-order valence-corrected chi connectivity index (χ1v) is 9.80. The lowest BCUT2D eigenvalue weighted by Gasteiger charge is -2.22. The number of rotatable bonds is 6. The quantitative estimate of drug-likeness (QED) is 0.315. The Hall–Kier alpha value is -1.92. The second kappa shape index (κ2) is 9.69. The van der Waals surface area contributed by atoms with E-state index in [1.165, 1.54) is 57.7 Å². The summed E-state index contributed by atoms with van der Waals surface area (Å²) in [4.78, 5) is 18.0. The van der Waals surface area contributed by atoms with Crippen LogP contribution in [0.2, 0.25) is 0 Å². The van der Waals surface area contributed by atoms with E-state index in [-0.39, 0.29) is 0 Å². The van der Waals surface area contributed by atoms with E-state index in [2.05, 4.69) is 15.2 Å². The zero-order valence-corrected chi connectivity index (χ0v) is 15.4. The topological polar surface area (TPSA) is 77.5 Å². The van der Waals surface area contributed by atoms with Crippen LogP contribution in [0.4, 0.5) is 5.82 Å². The van der Waals surface area contributed by atoms with E-state index in [0.717, 1.165) is 30.3 Å². The van der Waals surface area contributed by atoms with Crippen LogP contribution < -0.4 is 10.8 Å². The Kier molecular flexibility index (Phi) is 7.03. The van der Waals surface area contributed by atoms with E-state index in [1.807, 2.05) is 12.1 Å². The maximum Gasteiger partial charge on any atom is 0.267 e. The predicted molar refractivity (Wildman–Crippen MR) is 103 cm³/mol. The Balaban J connectivity index is 1.44. The number of hydrogen-bond acceptors (Lipinski definition) is 5. The minimum absolute atomic E-state index is 0.454. The number of nitrogens with zero attached hydrogens (tertiary/aromatic N) is 2. The van der Waals surface area contributed by atoms with Gasteiger partial charge in [0.05, 0.1) is 0 Å². The van der Waals surface area contributed by atoms with Gasteiger partial charge in [-0.15, -0.1) is 0 Å². The summed E-state index contributed by atoms with van der Waals surface area (Å²) in [7, 11) is 0. The lowest BCUT2D eigenvalue weighted by molar-refractivity contribution is -0.124. The molecule has 1 aromatic heterocycles. The van der Waals surface area contributed by atoms with Gasteiger partial charge in [0.15, 0.2) is 0 Å². The molecule has 2 heterocycles. The lowest BCUT2D eigenvalue weighted by Crippen LogP contribution is -2.30. The monoisotopic (exact) mass is 358 g/mol. The Bertz CT molecular complexity index is 594. The van der Waals surface area contributed by atoms with Crippen LogP contribution in [0.1, 0.15) is 50.5 Å². The number of nitrogens with one attached hydrogen (secondary N) is 2. The van der Waals surface area contributed by atoms with Crippen LogP contribution >= 0.6 is 0 Å². The highest BCUT2D eigenvalue weighted by Crippen LogP contribution is 2.25. The van der Waals surface area contributed by atoms with Crippen LogP contribution in [-0.4, -0.2) is 46.7 Å². The molecule has 0 spiro atoms. The Morgan fingerprint density at radius 2 is 2.04 bits per heavy atom. The van der Waals surface area contributed by atoms with Crippen LogP contribution in [-0.2, 0) is 4.79 Å². The second-order valence-electron chi connectivity index (χ2n) is 7.53. The molecule has 1 atom stereocenters. The van der Waals surface area contributed by atoms with Crippen LogP contribution in [0.5, 0.6) is 0 Å². The first-order chi connectivity index (χ1) is 12.7. The summed E-state index contributed by atoms with van der Waals surface area (Å²) in [5.74, 6) is 1.21. The molecule has 2 aliphatic rings. The molecule has 6 heteroatoms. The van der Waals surface area contributed by atoms with Gasteiger partial charge >= 0.3 is 0 Å². The van der Waals surface area contributed by atoms with Gasteiger partial charge in [-0.1, -0.05) is 25.7 Å². The Morgan fingerprint density at radius 1 is 1.23 bits per heavy atom. The molecule has 1 saturated carbocycles. The molecule has 0 bridgehead atoms. The van der Waals surface area contributed by atoms with Crippen molar-refractivity contribution in [1.82, 2.24) is 15.4 Å².